The molecule has 1 N–H and O–H groups in total. The quantitative estimate of drug-likeness (QED) is 0.876. The largest absolute Gasteiger partial charge is 0.481 e. The van der Waals surface area contributed by atoms with E-state index in [4.69, 9.17) is 16.7 Å². The lowest BCUT2D eigenvalue weighted by molar-refractivity contribution is -0.137. The van der Waals surface area contributed by atoms with Crippen LogP contribution in [0.25, 0.3) is 0 Å². The van der Waals surface area contributed by atoms with Gasteiger partial charge < -0.3 is 10.0 Å². The van der Waals surface area contributed by atoms with Gasteiger partial charge in [-0.2, -0.15) is 0 Å². The van der Waals surface area contributed by atoms with Crippen LogP contribution in [0.2, 0.25) is 5.02 Å². The van der Waals surface area contributed by atoms with Gasteiger partial charge in [0.25, 0.3) is 0 Å². The highest BCUT2D eigenvalue weighted by Crippen LogP contribution is 2.23. The summed E-state index contributed by atoms with van der Waals surface area (Å²) in [6.45, 7) is 5.27. The van der Waals surface area contributed by atoms with E-state index in [1.165, 1.54) is 5.56 Å². The molecule has 1 saturated heterocycles. The molecule has 0 aromatic heterocycles. The first-order chi connectivity index (χ1) is 9.54. The number of carboxylic acids is 1. The van der Waals surface area contributed by atoms with E-state index in [2.05, 4.69) is 25.7 Å². The van der Waals surface area contributed by atoms with Gasteiger partial charge in [-0.15, -0.1) is 0 Å². The maximum absolute atomic E-state index is 10.6. The molecule has 0 amide bonds. The molecule has 0 radical (unpaired) electrons. The van der Waals surface area contributed by atoms with Crippen LogP contribution in [-0.2, 0) is 11.3 Å². The molecule has 0 unspecified atom stereocenters. The average molecular weight is 362 g/mol. The Balaban J connectivity index is 1.82. The zero-order valence-electron chi connectivity index (χ0n) is 11.2. The molecule has 2 rings (SSSR count). The van der Waals surface area contributed by atoms with Crippen molar-refractivity contribution in [1.29, 1.82) is 0 Å². The van der Waals surface area contributed by atoms with Crippen molar-refractivity contribution < 1.29 is 9.90 Å². The second-order valence-corrected chi connectivity index (χ2v) is 6.29. The van der Waals surface area contributed by atoms with Gasteiger partial charge >= 0.3 is 5.97 Å². The minimum Gasteiger partial charge on any atom is -0.481 e. The lowest BCUT2D eigenvalue weighted by Crippen LogP contribution is -2.46. The van der Waals surface area contributed by atoms with Crippen LogP contribution in [0.3, 0.4) is 0 Å². The maximum atomic E-state index is 10.6. The van der Waals surface area contributed by atoms with Crippen molar-refractivity contribution in [1.82, 2.24) is 9.80 Å². The fourth-order valence-electron chi connectivity index (χ4n) is 2.33. The summed E-state index contributed by atoms with van der Waals surface area (Å²) in [7, 11) is 0. The molecule has 0 atom stereocenters. The molecule has 1 aromatic rings. The number of aliphatic carboxylic acids is 1. The monoisotopic (exact) mass is 360 g/mol. The van der Waals surface area contributed by atoms with Gasteiger partial charge in [-0.05, 0) is 23.8 Å². The molecule has 0 spiro atoms. The van der Waals surface area contributed by atoms with Gasteiger partial charge in [-0.25, -0.2) is 0 Å². The number of carboxylic acid groups (broad SMARTS) is 1. The molecule has 1 aliphatic heterocycles. The van der Waals surface area contributed by atoms with E-state index in [1.54, 1.807) is 0 Å². The minimum absolute atomic E-state index is 0.222. The molecular weight excluding hydrogens is 344 g/mol. The minimum atomic E-state index is -0.727. The van der Waals surface area contributed by atoms with Crippen LogP contribution in [0, 0.1) is 0 Å². The molecule has 0 bridgehead atoms. The third kappa shape index (κ3) is 4.74. The molecule has 1 fully saturated rings. The smallest absolute Gasteiger partial charge is 0.304 e. The Morgan fingerprint density at radius 2 is 1.90 bits per heavy atom. The zero-order valence-corrected chi connectivity index (χ0v) is 13.5. The van der Waals surface area contributed by atoms with Crippen LogP contribution in [0.5, 0.6) is 0 Å². The summed E-state index contributed by atoms with van der Waals surface area (Å²) >= 11 is 9.57. The zero-order chi connectivity index (χ0) is 14.5. The molecule has 1 aliphatic rings. The number of carbonyl (C=O) groups is 1. The predicted molar refractivity (Wildman–Crippen MR) is 83.1 cm³/mol. The SMILES string of the molecule is O=C(O)CCN1CCN(Cc2cc(Cl)ccc2Br)CC1. The van der Waals surface area contributed by atoms with Gasteiger partial charge in [-0.1, -0.05) is 27.5 Å². The Kier molecular flexibility index (Phi) is 5.84. The van der Waals surface area contributed by atoms with Gasteiger partial charge in [0.2, 0.25) is 0 Å². The molecule has 0 aliphatic carbocycles. The number of nitrogens with zero attached hydrogens (tertiary/aromatic N) is 2. The molecule has 0 saturated carbocycles. The molecule has 4 nitrogen and oxygen atoms in total. The van der Waals surface area contributed by atoms with E-state index >= 15 is 0 Å². The molecule has 1 aromatic carbocycles. The summed E-state index contributed by atoms with van der Waals surface area (Å²) in [5.74, 6) is -0.727. The highest BCUT2D eigenvalue weighted by atomic mass is 79.9. The topological polar surface area (TPSA) is 43.8 Å². The van der Waals surface area contributed by atoms with Crippen LogP contribution >= 0.6 is 27.5 Å². The van der Waals surface area contributed by atoms with Crippen LogP contribution in [0.4, 0.5) is 0 Å². The number of halogens is 2. The van der Waals surface area contributed by atoms with E-state index in [9.17, 15) is 4.79 Å². The Bertz CT molecular complexity index is 476. The summed E-state index contributed by atoms with van der Waals surface area (Å²) in [4.78, 5) is 15.1. The summed E-state index contributed by atoms with van der Waals surface area (Å²) in [5.41, 5.74) is 1.19. The summed E-state index contributed by atoms with van der Waals surface area (Å²) < 4.78 is 1.08. The van der Waals surface area contributed by atoms with Crippen LogP contribution in [0.15, 0.2) is 22.7 Å². The van der Waals surface area contributed by atoms with Crippen molar-refractivity contribution in [3.05, 3.63) is 33.3 Å². The second-order valence-electron chi connectivity index (χ2n) is 5.00. The number of piperazine rings is 1. The first-order valence-electron chi connectivity index (χ1n) is 6.65. The lowest BCUT2D eigenvalue weighted by atomic mass is 10.2. The summed E-state index contributed by atoms with van der Waals surface area (Å²) in [6, 6.07) is 5.84. The highest BCUT2D eigenvalue weighted by Gasteiger charge is 2.18. The predicted octanol–water partition coefficient (Wildman–Crippen LogP) is 2.69. The number of hydrogen-bond acceptors (Lipinski definition) is 3. The molecular formula is C14H18BrClN2O2. The average Bonchev–Trinajstić information content (AvgIpc) is 2.42. The third-order valence-corrected chi connectivity index (χ3v) is 4.52. The standard InChI is InChI=1S/C14H18BrClN2O2/c15-13-2-1-12(16)9-11(13)10-18-7-5-17(6-8-18)4-3-14(19)20/h1-2,9H,3-8,10H2,(H,19,20). The van der Waals surface area contributed by atoms with Crippen molar-refractivity contribution >= 4 is 33.5 Å². The van der Waals surface area contributed by atoms with E-state index in [0.29, 0.717) is 6.54 Å². The molecule has 6 heteroatoms. The molecule has 20 heavy (non-hydrogen) atoms. The van der Waals surface area contributed by atoms with Crippen molar-refractivity contribution in [2.75, 3.05) is 32.7 Å². The summed E-state index contributed by atoms with van der Waals surface area (Å²) in [5, 5.41) is 9.45. The van der Waals surface area contributed by atoms with Gasteiger partial charge in [-0.3, -0.25) is 9.69 Å². The number of benzene rings is 1. The Hall–Kier alpha value is -0.620. The Morgan fingerprint density at radius 1 is 1.25 bits per heavy atom. The normalized spacial score (nSPS) is 17.3. The Morgan fingerprint density at radius 3 is 2.55 bits per heavy atom. The Labute approximate surface area is 132 Å². The number of hydrogen-bond donors (Lipinski definition) is 1. The van der Waals surface area contributed by atoms with Gasteiger partial charge in [0.1, 0.15) is 0 Å². The highest BCUT2D eigenvalue weighted by molar-refractivity contribution is 9.10. The van der Waals surface area contributed by atoms with Crippen molar-refractivity contribution in [2.45, 2.75) is 13.0 Å². The second kappa shape index (κ2) is 7.41. The van der Waals surface area contributed by atoms with Crippen molar-refractivity contribution in [3.63, 3.8) is 0 Å². The van der Waals surface area contributed by atoms with Crippen molar-refractivity contribution in [2.24, 2.45) is 0 Å². The maximum Gasteiger partial charge on any atom is 0.304 e. The fourth-order valence-corrected chi connectivity index (χ4v) is 2.90. The first-order valence-corrected chi connectivity index (χ1v) is 7.82. The van der Waals surface area contributed by atoms with Crippen molar-refractivity contribution in [3.8, 4) is 0 Å². The molecule has 1 heterocycles. The van der Waals surface area contributed by atoms with Gasteiger partial charge in [0, 0.05) is 48.8 Å². The number of rotatable bonds is 5. The summed E-state index contributed by atoms with van der Waals surface area (Å²) in [6.07, 6.45) is 0.222. The fraction of sp³-hybridized carbons (Fsp3) is 0.500. The molecule has 110 valence electrons. The lowest BCUT2D eigenvalue weighted by Gasteiger charge is -2.34. The van der Waals surface area contributed by atoms with Crippen LogP contribution < -0.4 is 0 Å². The van der Waals surface area contributed by atoms with Gasteiger partial charge in [0.15, 0.2) is 0 Å². The van der Waals surface area contributed by atoms with E-state index in [0.717, 1.165) is 42.2 Å². The first kappa shape index (κ1) is 15.8. The third-order valence-electron chi connectivity index (χ3n) is 3.51. The van der Waals surface area contributed by atoms with E-state index < -0.39 is 5.97 Å². The van der Waals surface area contributed by atoms with Crippen LogP contribution in [-0.4, -0.2) is 53.6 Å². The van der Waals surface area contributed by atoms with Gasteiger partial charge in [0.05, 0.1) is 6.42 Å². The van der Waals surface area contributed by atoms with Crippen LogP contribution in [0.1, 0.15) is 12.0 Å². The van der Waals surface area contributed by atoms with E-state index in [-0.39, 0.29) is 6.42 Å². The van der Waals surface area contributed by atoms with E-state index in [1.807, 2.05) is 18.2 Å².